The highest BCUT2D eigenvalue weighted by Gasteiger charge is 2.19. The molecule has 1 amide bonds. The van der Waals surface area contributed by atoms with E-state index < -0.39 is 0 Å². The van der Waals surface area contributed by atoms with Gasteiger partial charge in [-0.25, -0.2) is 9.67 Å². The summed E-state index contributed by atoms with van der Waals surface area (Å²) in [6, 6.07) is 17.1. The molecule has 1 N–H and O–H groups in total. The Morgan fingerprint density at radius 3 is 2.48 bits per heavy atom. The molecule has 0 unspecified atom stereocenters. The van der Waals surface area contributed by atoms with Crippen molar-refractivity contribution in [2.45, 2.75) is 0 Å². The summed E-state index contributed by atoms with van der Waals surface area (Å²) in [5.41, 5.74) is 2.74. The number of rotatable bonds is 6. The molecule has 0 aliphatic rings. The maximum Gasteiger partial charge on any atom is 0.281 e. The average Bonchev–Trinajstić information content (AvgIpc) is 3.41. The highest BCUT2D eigenvalue weighted by molar-refractivity contribution is 7.14. The number of hydrogen-bond acceptors (Lipinski definition) is 6. The fourth-order valence-electron chi connectivity index (χ4n) is 2.76. The number of para-hydroxylation sites is 1. The van der Waals surface area contributed by atoms with Crippen molar-refractivity contribution in [1.29, 1.82) is 0 Å². The summed E-state index contributed by atoms with van der Waals surface area (Å²) in [4.78, 5) is 17.2. The number of amides is 1. The molecule has 2 aromatic carbocycles. The van der Waals surface area contributed by atoms with E-state index in [9.17, 15) is 4.79 Å². The lowest BCUT2D eigenvalue weighted by Gasteiger charge is -2.02. The SMILES string of the molecule is COc1ccc(-c2csc(NC(=O)c3nn(-c4ccccc4)cc3OC)n2)cc1. The van der Waals surface area contributed by atoms with Gasteiger partial charge in [-0.2, -0.15) is 5.10 Å². The Labute approximate surface area is 171 Å². The summed E-state index contributed by atoms with van der Waals surface area (Å²) < 4.78 is 12.1. The van der Waals surface area contributed by atoms with E-state index >= 15 is 0 Å². The van der Waals surface area contributed by atoms with E-state index in [4.69, 9.17) is 9.47 Å². The first-order valence-corrected chi connectivity index (χ1v) is 9.66. The molecule has 0 bridgehead atoms. The van der Waals surface area contributed by atoms with Crippen LogP contribution in [-0.4, -0.2) is 34.9 Å². The molecule has 146 valence electrons. The van der Waals surface area contributed by atoms with Gasteiger partial charge in [0, 0.05) is 10.9 Å². The maximum atomic E-state index is 12.8. The van der Waals surface area contributed by atoms with Gasteiger partial charge in [-0.1, -0.05) is 18.2 Å². The number of ether oxygens (including phenoxy) is 2. The number of carbonyl (C=O) groups excluding carboxylic acids is 1. The summed E-state index contributed by atoms with van der Waals surface area (Å²) in [6.45, 7) is 0. The van der Waals surface area contributed by atoms with E-state index in [1.165, 1.54) is 18.4 Å². The van der Waals surface area contributed by atoms with Crippen molar-refractivity contribution in [2.75, 3.05) is 19.5 Å². The Morgan fingerprint density at radius 2 is 1.79 bits per heavy atom. The highest BCUT2D eigenvalue weighted by Crippen LogP contribution is 2.27. The zero-order valence-electron chi connectivity index (χ0n) is 15.8. The van der Waals surface area contributed by atoms with Gasteiger partial charge in [0.15, 0.2) is 16.6 Å². The van der Waals surface area contributed by atoms with Crippen LogP contribution in [0, 0.1) is 0 Å². The smallest absolute Gasteiger partial charge is 0.281 e. The van der Waals surface area contributed by atoms with Crippen LogP contribution in [0.3, 0.4) is 0 Å². The lowest BCUT2D eigenvalue weighted by Crippen LogP contribution is -2.14. The molecule has 8 heteroatoms. The van der Waals surface area contributed by atoms with Crippen LogP contribution in [0.25, 0.3) is 16.9 Å². The first-order valence-electron chi connectivity index (χ1n) is 8.78. The molecule has 0 fully saturated rings. The minimum absolute atomic E-state index is 0.192. The standard InChI is InChI=1S/C21H18N4O3S/c1-27-16-10-8-14(9-11-16)17-13-29-21(22-17)23-20(26)19-18(28-2)12-25(24-19)15-6-4-3-5-7-15/h3-13H,1-2H3,(H,22,23,26). The fraction of sp³-hybridized carbons (Fsp3) is 0.0952. The van der Waals surface area contributed by atoms with Crippen molar-refractivity contribution in [3.63, 3.8) is 0 Å². The summed E-state index contributed by atoms with van der Waals surface area (Å²) in [6.07, 6.45) is 1.68. The first kappa shape index (κ1) is 18.7. The molecule has 0 aliphatic heterocycles. The van der Waals surface area contributed by atoms with E-state index in [-0.39, 0.29) is 11.6 Å². The number of benzene rings is 2. The Bertz CT molecular complexity index is 1120. The van der Waals surface area contributed by atoms with E-state index in [0.29, 0.717) is 10.9 Å². The Hall–Kier alpha value is -3.65. The minimum Gasteiger partial charge on any atom is -0.497 e. The van der Waals surface area contributed by atoms with Crippen molar-refractivity contribution in [3.05, 3.63) is 71.9 Å². The van der Waals surface area contributed by atoms with E-state index in [0.717, 1.165) is 22.7 Å². The lowest BCUT2D eigenvalue weighted by atomic mass is 10.2. The summed E-state index contributed by atoms with van der Waals surface area (Å²) in [5, 5.41) is 9.54. The molecule has 2 heterocycles. The number of aromatic nitrogens is 3. The summed E-state index contributed by atoms with van der Waals surface area (Å²) in [5.74, 6) is 0.782. The largest absolute Gasteiger partial charge is 0.497 e. The zero-order valence-corrected chi connectivity index (χ0v) is 16.6. The normalized spacial score (nSPS) is 10.6. The fourth-order valence-corrected chi connectivity index (χ4v) is 3.47. The third-order valence-electron chi connectivity index (χ3n) is 4.25. The Balaban J connectivity index is 1.54. The summed E-state index contributed by atoms with van der Waals surface area (Å²) >= 11 is 1.34. The monoisotopic (exact) mass is 406 g/mol. The molecular weight excluding hydrogens is 388 g/mol. The lowest BCUT2D eigenvalue weighted by molar-refractivity contribution is 0.101. The van der Waals surface area contributed by atoms with Crippen LogP contribution < -0.4 is 14.8 Å². The van der Waals surface area contributed by atoms with Gasteiger partial charge >= 0.3 is 0 Å². The average molecular weight is 406 g/mol. The van der Waals surface area contributed by atoms with Gasteiger partial charge < -0.3 is 9.47 Å². The second kappa shape index (κ2) is 8.15. The van der Waals surface area contributed by atoms with E-state index in [1.54, 1.807) is 18.0 Å². The predicted molar refractivity (Wildman–Crippen MR) is 112 cm³/mol. The van der Waals surface area contributed by atoms with Crippen molar-refractivity contribution < 1.29 is 14.3 Å². The first-order chi connectivity index (χ1) is 14.2. The van der Waals surface area contributed by atoms with Crippen LogP contribution in [0.1, 0.15) is 10.5 Å². The molecule has 29 heavy (non-hydrogen) atoms. The molecule has 7 nitrogen and oxygen atoms in total. The number of carbonyl (C=O) groups is 1. The molecule has 0 spiro atoms. The molecule has 0 saturated heterocycles. The van der Waals surface area contributed by atoms with Crippen LogP contribution in [-0.2, 0) is 0 Å². The van der Waals surface area contributed by atoms with Gasteiger partial charge in [-0.3, -0.25) is 10.1 Å². The van der Waals surface area contributed by atoms with Crippen molar-refractivity contribution in [1.82, 2.24) is 14.8 Å². The number of thiazole rings is 1. The van der Waals surface area contributed by atoms with Gasteiger partial charge in [0.25, 0.3) is 5.91 Å². The number of anilines is 1. The van der Waals surface area contributed by atoms with E-state index in [1.807, 2.05) is 60.0 Å². The third-order valence-corrected chi connectivity index (χ3v) is 5.00. The molecule has 2 aromatic heterocycles. The predicted octanol–water partition coefficient (Wildman–Crippen LogP) is 4.27. The molecule has 0 atom stereocenters. The van der Waals surface area contributed by atoms with Crippen molar-refractivity contribution >= 4 is 22.4 Å². The molecule has 0 radical (unpaired) electrons. The topological polar surface area (TPSA) is 78.3 Å². The van der Waals surface area contributed by atoms with Crippen LogP contribution >= 0.6 is 11.3 Å². The maximum absolute atomic E-state index is 12.8. The van der Waals surface area contributed by atoms with Gasteiger partial charge in [-0.15, -0.1) is 11.3 Å². The second-order valence-electron chi connectivity index (χ2n) is 6.05. The number of methoxy groups -OCH3 is 2. The second-order valence-corrected chi connectivity index (χ2v) is 6.90. The molecule has 4 aromatic rings. The van der Waals surface area contributed by atoms with Crippen LogP contribution in [0.15, 0.2) is 66.2 Å². The van der Waals surface area contributed by atoms with Crippen LogP contribution in [0.4, 0.5) is 5.13 Å². The van der Waals surface area contributed by atoms with Crippen molar-refractivity contribution in [3.8, 4) is 28.4 Å². The van der Waals surface area contributed by atoms with Gasteiger partial charge in [0.05, 0.1) is 31.8 Å². The van der Waals surface area contributed by atoms with E-state index in [2.05, 4.69) is 15.4 Å². The van der Waals surface area contributed by atoms with Crippen molar-refractivity contribution in [2.24, 2.45) is 0 Å². The minimum atomic E-state index is -0.382. The number of nitrogens with zero attached hydrogens (tertiary/aromatic N) is 3. The van der Waals surface area contributed by atoms with Gasteiger partial charge in [0.2, 0.25) is 0 Å². The quantitative estimate of drug-likeness (QED) is 0.517. The number of hydrogen-bond donors (Lipinski definition) is 1. The molecular formula is C21H18N4O3S. The molecule has 0 aliphatic carbocycles. The van der Waals surface area contributed by atoms with Crippen LogP contribution in [0.2, 0.25) is 0 Å². The molecule has 0 saturated carbocycles. The highest BCUT2D eigenvalue weighted by atomic mass is 32.1. The Morgan fingerprint density at radius 1 is 1.03 bits per heavy atom. The van der Waals surface area contributed by atoms with Gasteiger partial charge in [0.1, 0.15) is 5.75 Å². The molecule has 4 rings (SSSR count). The Kier molecular flexibility index (Phi) is 5.26. The number of nitrogens with one attached hydrogen (secondary N) is 1. The van der Waals surface area contributed by atoms with Gasteiger partial charge in [-0.05, 0) is 36.4 Å². The third kappa shape index (κ3) is 3.97. The zero-order chi connectivity index (χ0) is 20.2. The van der Waals surface area contributed by atoms with Crippen LogP contribution in [0.5, 0.6) is 11.5 Å². The summed E-state index contributed by atoms with van der Waals surface area (Å²) in [7, 11) is 3.13.